The van der Waals surface area contributed by atoms with E-state index in [0.29, 0.717) is 6.42 Å². The van der Waals surface area contributed by atoms with Gasteiger partial charge in [0.25, 0.3) is 0 Å². The van der Waals surface area contributed by atoms with Gasteiger partial charge in [-0.3, -0.25) is 9.69 Å². The van der Waals surface area contributed by atoms with Crippen molar-refractivity contribution < 1.29 is 14.3 Å². The van der Waals surface area contributed by atoms with Crippen LogP contribution in [0.25, 0.3) is 0 Å². The molecular weight excluding hydrogens is 245 g/mol. The summed E-state index contributed by atoms with van der Waals surface area (Å²) in [6, 6.07) is 6.43. The van der Waals surface area contributed by atoms with E-state index in [9.17, 15) is 14.3 Å². The lowest BCUT2D eigenvalue weighted by Gasteiger charge is -2.37. The van der Waals surface area contributed by atoms with Crippen LogP contribution in [0, 0.1) is 5.82 Å². The van der Waals surface area contributed by atoms with Crippen molar-refractivity contribution in [2.75, 3.05) is 6.54 Å². The molecule has 0 bridgehead atoms. The average Bonchev–Trinajstić information content (AvgIpc) is 2.74. The molecule has 3 nitrogen and oxygen atoms in total. The van der Waals surface area contributed by atoms with Gasteiger partial charge in [0.1, 0.15) is 11.4 Å². The van der Waals surface area contributed by atoms with Crippen LogP contribution in [0.2, 0.25) is 0 Å². The molecule has 1 aromatic rings. The van der Waals surface area contributed by atoms with Crippen molar-refractivity contribution in [3.63, 3.8) is 0 Å². The van der Waals surface area contributed by atoms with Crippen molar-refractivity contribution in [1.29, 1.82) is 0 Å². The van der Waals surface area contributed by atoms with Gasteiger partial charge in [-0.05, 0) is 50.4 Å². The van der Waals surface area contributed by atoms with Gasteiger partial charge >= 0.3 is 5.97 Å². The standard InChI is InChI=1S/C15H20FNO2/c1-3-13(11-6-4-7-12(16)10-11)17-9-5-8-15(17,2)14(18)19/h4,6-7,10,13H,3,5,8-9H2,1-2H3,(H,18,19). The summed E-state index contributed by atoms with van der Waals surface area (Å²) in [5.41, 5.74) is 0.0179. The van der Waals surface area contributed by atoms with Crippen molar-refractivity contribution in [2.45, 2.75) is 44.7 Å². The molecule has 0 radical (unpaired) electrons. The van der Waals surface area contributed by atoms with Crippen LogP contribution in [-0.4, -0.2) is 28.1 Å². The Morgan fingerprint density at radius 2 is 2.32 bits per heavy atom. The Morgan fingerprint density at radius 3 is 2.89 bits per heavy atom. The monoisotopic (exact) mass is 265 g/mol. The van der Waals surface area contributed by atoms with Gasteiger partial charge in [0.2, 0.25) is 0 Å². The molecule has 0 amide bonds. The quantitative estimate of drug-likeness (QED) is 0.908. The Morgan fingerprint density at radius 1 is 1.58 bits per heavy atom. The molecule has 2 rings (SSSR count). The van der Waals surface area contributed by atoms with E-state index in [1.807, 2.05) is 17.9 Å². The number of benzene rings is 1. The predicted molar refractivity (Wildman–Crippen MR) is 71.4 cm³/mol. The number of carbonyl (C=O) groups is 1. The van der Waals surface area contributed by atoms with Crippen LogP contribution < -0.4 is 0 Å². The van der Waals surface area contributed by atoms with Crippen LogP contribution in [0.4, 0.5) is 4.39 Å². The first-order valence-corrected chi connectivity index (χ1v) is 6.74. The van der Waals surface area contributed by atoms with Crippen LogP contribution in [0.3, 0.4) is 0 Å². The molecule has 1 fully saturated rings. The van der Waals surface area contributed by atoms with Gasteiger partial charge in [-0.1, -0.05) is 19.1 Å². The molecule has 19 heavy (non-hydrogen) atoms. The second kappa shape index (κ2) is 5.29. The smallest absolute Gasteiger partial charge is 0.323 e. The van der Waals surface area contributed by atoms with Crippen molar-refractivity contribution >= 4 is 5.97 Å². The molecular formula is C15H20FNO2. The fourth-order valence-corrected chi connectivity index (χ4v) is 3.06. The van der Waals surface area contributed by atoms with Gasteiger partial charge in [0.15, 0.2) is 0 Å². The highest BCUT2D eigenvalue weighted by Gasteiger charge is 2.46. The van der Waals surface area contributed by atoms with Crippen LogP contribution in [0.5, 0.6) is 0 Å². The SMILES string of the molecule is CCC(c1cccc(F)c1)N1CCCC1(C)C(=O)O. The lowest BCUT2D eigenvalue weighted by atomic mass is 9.94. The third-order valence-corrected chi connectivity index (χ3v) is 4.15. The van der Waals surface area contributed by atoms with Crippen LogP contribution in [-0.2, 0) is 4.79 Å². The molecule has 1 aromatic carbocycles. The zero-order valence-electron chi connectivity index (χ0n) is 11.4. The molecule has 0 saturated carbocycles. The minimum atomic E-state index is -0.840. The average molecular weight is 265 g/mol. The predicted octanol–water partition coefficient (Wildman–Crippen LogP) is 3.22. The maximum absolute atomic E-state index is 13.4. The summed E-state index contributed by atoms with van der Waals surface area (Å²) >= 11 is 0. The molecule has 1 saturated heterocycles. The molecule has 0 aliphatic carbocycles. The second-order valence-electron chi connectivity index (χ2n) is 5.36. The minimum Gasteiger partial charge on any atom is -0.480 e. The Labute approximate surface area is 113 Å². The van der Waals surface area contributed by atoms with E-state index in [2.05, 4.69) is 0 Å². The molecule has 104 valence electrons. The maximum atomic E-state index is 13.4. The van der Waals surface area contributed by atoms with Gasteiger partial charge in [-0.2, -0.15) is 0 Å². The number of aliphatic carboxylic acids is 1. The van der Waals surface area contributed by atoms with E-state index in [1.165, 1.54) is 12.1 Å². The number of rotatable bonds is 4. The molecule has 2 unspecified atom stereocenters. The van der Waals surface area contributed by atoms with E-state index >= 15 is 0 Å². The number of hydrogen-bond acceptors (Lipinski definition) is 2. The molecule has 1 aliphatic heterocycles. The first-order chi connectivity index (χ1) is 8.99. The van der Waals surface area contributed by atoms with E-state index in [-0.39, 0.29) is 11.9 Å². The molecule has 4 heteroatoms. The number of carboxylic acids is 1. The van der Waals surface area contributed by atoms with Gasteiger partial charge in [-0.15, -0.1) is 0 Å². The Hall–Kier alpha value is -1.42. The van der Waals surface area contributed by atoms with Crippen molar-refractivity contribution in [3.8, 4) is 0 Å². The largest absolute Gasteiger partial charge is 0.480 e. The van der Waals surface area contributed by atoms with E-state index < -0.39 is 11.5 Å². The van der Waals surface area contributed by atoms with Crippen molar-refractivity contribution in [1.82, 2.24) is 4.90 Å². The van der Waals surface area contributed by atoms with Gasteiger partial charge in [0.05, 0.1) is 0 Å². The number of halogens is 1. The van der Waals surface area contributed by atoms with Gasteiger partial charge in [-0.25, -0.2) is 4.39 Å². The minimum absolute atomic E-state index is 0.0423. The highest BCUT2D eigenvalue weighted by Crippen LogP contribution is 2.38. The van der Waals surface area contributed by atoms with Gasteiger partial charge < -0.3 is 5.11 Å². The summed E-state index contributed by atoms with van der Waals surface area (Å²) < 4.78 is 13.4. The zero-order chi connectivity index (χ0) is 14.0. The first-order valence-electron chi connectivity index (χ1n) is 6.74. The molecule has 1 aliphatic rings. The van der Waals surface area contributed by atoms with Crippen LogP contribution in [0.1, 0.15) is 44.7 Å². The fraction of sp³-hybridized carbons (Fsp3) is 0.533. The molecule has 2 atom stereocenters. The van der Waals surface area contributed by atoms with E-state index in [1.54, 1.807) is 13.0 Å². The molecule has 0 spiro atoms. The van der Waals surface area contributed by atoms with Crippen LogP contribution >= 0.6 is 0 Å². The summed E-state index contributed by atoms with van der Waals surface area (Å²) in [5, 5.41) is 9.47. The Balaban J connectivity index is 2.34. The third-order valence-electron chi connectivity index (χ3n) is 4.15. The Kier molecular flexibility index (Phi) is 3.90. The van der Waals surface area contributed by atoms with Gasteiger partial charge in [0, 0.05) is 6.04 Å². The molecule has 0 aromatic heterocycles. The lowest BCUT2D eigenvalue weighted by molar-refractivity contribution is -0.150. The maximum Gasteiger partial charge on any atom is 0.323 e. The van der Waals surface area contributed by atoms with E-state index in [4.69, 9.17) is 0 Å². The highest BCUT2D eigenvalue weighted by molar-refractivity contribution is 5.78. The van der Waals surface area contributed by atoms with Crippen molar-refractivity contribution in [3.05, 3.63) is 35.6 Å². The van der Waals surface area contributed by atoms with Crippen molar-refractivity contribution in [2.24, 2.45) is 0 Å². The normalized spacial score (nSPS) is 25.4. The zero-order valence-corrected chi connectivity index (χ0v) is 11.4. The summed E-state index contributed by atoms with van der Waals surface area (Å²) in [4.78, 5) is 13.5. The number of nitrogens with zero attached hydrogens (tertiary/aromatic N) is 1. The summed E-state index contributed by atoms with van der Waals surface area (Å²) in [6.07, 6.45) is 2.29. The fourth-order valence-electron chi connectivity index (χ4n) is 3.06. The number of hydrogen-bond donors (Lipinski definition) is 1. The first kappa shape index (κ1) is 14.0. The molecule has 1 heterocycles. The topological polar surface area (TPSA) is 40.5 Å². The summed E-state index contributed by atoms with van der Waals surface area (Å²) in [7, 11) is 0. The third kappa shape index (κ3) is 2.50. The Bertz CT molecular complexity index is 477. The number of carboxylic acid groups (broad SMARTS) is 1. The summed E-state index contributed by atoms with van der Waals surface area (Å²) in [5.74, 6) is -1.06. The lowest BCUT2D eigenvalue weighted by Crippen LogP contribution is -2.49. The highest BCUT2D eigenvalue weighted by atomic mass is 19.1. The van der Waals surface area contributed by atoms with E-state index in [0.717, 1.165) is 24.9 Å². The molecule has 1 N–H and O–H groups in total. The van der Waals surface area contributed by atoms with Crippen LogP contribution in [0.15, 0.2) is 24.3 Å². The number of likely N-dealkylation sites (tertiary alicyclic amines) is 1. The second-order valence-corrected chi connectivity index (χ2v) is 5.36. The summed E-state index contributed by atoms with van der Waals surface area (Å²) in [6.45, 7) is 4.53.